The Morgan fingerprint density at radius 3 is 3.11 bits per heavy atom. The minimum absolute atomic E-state index is 0.274. The van der Waals surface area contributed by atoms with Crippen LogP contribution in [0.5, 0.6) is 5.75 Å². The summed E-state index contributed by atoms with van der Waals surface area (Å²) in [4.78, 5) is 0. The molecule has 0 aliphatic carbocycles. The van der Waals surface area contributed by atoms with E-state index >= 15 is 0 Å². The predicted octanol–water partition coefficient (Wildman–Crippen LogP) is 2.65. The lowest BCUT2D eigenvalue weighted by atomic mass is 10.0. The van der Waals surface area contributed by atoms with E-state index in [9.17, 15) is 0 Å². The molecule has 2 N–H and O–H groups in total. The number of para-hydroxylation sites is 1. The van der Waals surface area contributed by atoms with Crippen molar-refractivity contribution in [2.24, 2.45) is 0 Å². The van der Waals surface area contributed by atoms with Gasteiger partial charge in [0.1, 0.15) is 5.75 Å². The molecule has 0 saturated heterocycles. The molecular weight excluding hydrogens is 226 g/mol. The van der Waals surface area contributed by atoms with Gasteiger partial charge in [0, 0.05) is 24.3 Å². The molecule has 0 radical (unpaired) electrons. The van der Waals surface area contributed by atoms with Gasteiger partial charge in [-0.3, -0.25) is 0 Å². The van der Waals surface area contributed by atoms with E-state index < -0.39 is 0 Å². The van der Waals surface area contributed by atoms with E-state index in [-0.39, 0.29) is 6.61 Å². The molecule has 1 aliphatic heterocycles. The van der Waals surface area contributed by atoms with Gasteiger partial charge in [-0.1, -0.05) is 18.2 Å². The van der Waals surface area contributed by atoms with Crippen LogP contribution in [0, 0.1) is 0 Å². The number of aliphatic hydroxyl groups is 1. The Bertz CT molecular complexity index is 367. The summed E-state index contributed by atoms with van der Waals surface area (Å²) in [6.07, 6.45) is 4.06. The Morgan fingerprint density at radius 2 is 2.28 bits per heavy atom. The Kier molecular flexibility index (Phi) is 5.02. The number of hydrogen-bond acceptors (Lipinski definition) is 3. The molecule has 1 aromatic carbocycles. The van der Waals surface area contributed by atoms with E-state index in [0.717, 1.165) is 38.0 Å². The fourth-order valence-corrected chi connectivity index (χ4v) is 2.52. The average Bonchev–Trinajstić information content (AvgIpc) is 2.59. The molecule has 1 aromatic rings. The van der Waals surface area contributed by atoms with Crippen LogP contribution in [0.25, 0.3) is 0 Å². The lowest BCUT2D eigenvalue weighted by molar-refractivity contribution is 0.272. The molecule has 0 bridgehead atoms. The molecule has 0 amide bonds. The highest BCUT2D eigenvalue weighted by molar-refractivity contribution is 5.36. The Hall–Kier alpha value is -1.06. The SMILES string of the molecule is CC(CCCO)NC1CCCOc2ccccc21. The fourth-order valence-electron chi connectivity index (χ4n) is 2.52. The summed E-state index contributed by atoms with van der Waals surface area (Å²) >= 11 is 0. The maximum absolute atomic E-state index is 8.88. The van der Waals surface area contributed by atoms with Crippen molar-refractivity contribution in [1.29, 1.82) is 0 Å². The lowest BCUT2D eigenvalue weighted by Gasteiger charge is -2.23. The summed E-state index contributed by atoms with van der Waals surface area (Å²) < 4.78 is 5.76. The second-order valence-corrected chi connectivity index (χ2v) is 5.01. The van der Waals surface area contributed by atoms with E-state index in [1.165, 1.54) is 5.56 Å². The van der Waals surface area contributed by atoms with Crippen molar-refractivity contribution in [3.63, 3.8) is 0 Å². The standard InChI is InChI=1S/C15H23NO2/c1-12(6-4-10-17)16-14-8-5-11-18-15-9-3-2-7-13(14)15/h2-3,7,9,12,14,16-17H,4-6,8,10-11H2,1H3. The minimum Gasteiger partial charge on any atom is -0.493 e. The second kappa shape index (κ2) is 6.76. The smallest absolute Gasteiger partial charge is 0.124 e. The van der Waals surface area contributed by atoms with Crippen LogP contribution in [0.15, 0.2) is 24.3 Å². The van der Waals surface area contributed by atoms with E-state index in [2.05, 4.69) is 24.4 Å². The Labute approximate surface area is 109 Å². The van der Waals surface area contributed by atoms with Crippen LogP contribution in [-0.2, 0) is 0 Å². The van der Waals surface area contributed by atoms with E-state index in [1.54, 1.807) is 0 Å². The molecule has 100 valence electrons. The third kappa shape index (κ3) is 3.47. The first-order valence-corrected chi connectivity index (χ1v) is 6.90. The van der Waals surface area contributed by atoms with Gasteiger partial charge in [0.15, 0.2) is 0 Å². The molecule has 3 nitrogen and oxygen atoms in total. The molecule has 2 rings (SSSR count). The van der Waals surface area contributed by atoms with Crippen molar-refractivity contribution >= 4 is 0 Å². The summed E-state index contributed by atoms with van der Waals surface area (Å²) in [5.41, 5.74) is 1.27. The molecular formula is C15H23NO2. The zero-order valence-electron chi connectivity index (χ0n) is 11.1. The number of aliphatic hydroxyl groups excluding tert-OH is 1. The normalized spacial score (nSPS) is 20.7. The lowest BCUT2D eigenvalue weighted by Crippen LogP contribution is -2.30. The summed E-state index contributed by atoms with van der Waals surface area (Å²) in [6.45, 7) is 3.26. The van der Waals surface area contributed by atoms with E-state index in [1.807, 2.05) is 12.1 Å². The van der Waals surface area contributed by atoms with Crippen LogP contribution in [0.2, 0.25) is 0 Å². The van der Waals surface area contributed by atoms with Gasteiger partial charge in [-0.2, -0.15) is 0 Å². The molecule has 2 atom stereocenters. The summed E-state index contributed by atoms with van der Waals surface area (Å²) in [6, 6.07) is 9.09. The zero-order valence-corrected chi connectivity index (χ0v) is 11.1. The van der Waals surface area contributed by atoms with Gasteiger partial charge >= 0.3 is 0 Å². The first-order chi connectivity index (χ1) is 8.81. The van der Waals surface area contributed by atoms with Gasteiger partial charge in [0.05, 0.1) is 6.61 Å². The monoisotopic (exact) mass is 249 g/mol. The van der Waals surface area contributed by atoms with Crippen LogP contribution < -0.4 is 10.1 Å². The third-order valence-corrected chi connectivity index (χ3v) is 3.47. The number of benzene rings is 1. The first kappa shape index (κ1) is 13.4. The van der Waals surface area contributed by atoms with Gasteiger partial charge in [0.2, 0.25) is 0 Å². The van der Waals surface area contributed by atoms with Gasteiger partial charge in [-0.05, 0) is 38.7 Å². The highest BCUT2D eigenvalue weighted by atomic mass is 16.5. The van der Waals surface area contributed by atoms with Crippen molar-refractivity contribution in [1.82, 2.24) is 5.32 Å². The molecule has 3 heteroatoms. The zero-order chi connectivity index (χ0) is 12.8. The van der Waals surface area contributed by atoms with E-state index in [4.69, 9.17) is 9.84 Å². The van der Waals surface area contributed by atoms with Gasteiger partial charge < -0.3 is 15.2 Å². The molecule has 0 saturated carbocycles. The highest BCUT2D eigenvalue weighted by Gasteiger charge is 2.20. The van der Waals surface area contributed by atoms with Crippen molar-refractivity contribution in [3.8, 4) is 5.75 Å². The van der Waals surface area contributed by atoms with Crippen molar-refractivity contribution in [3.05, 3.63) is 29.8 Å². The van der Waals surface area contributed by atoms with Crippen molar-refractivity contribution in [2.75, 3.05) is 13.2 Å². The Balaban J connectivity index is 2.03. The van der Waals surface area contributed by atoms with Crippen molar-refractivity contribution in [2.45, 2.75) is 44.7 Å². The van der Waals surface area contributed by atoms with Crippen LogP contribution in [0.3, 0.4) is 0 Å². The molecule has 1 heterocycles. The number of rotatable bonds is 5. The predicted molar refractivity (Wildman–Crippen MR) is 72.8 cm³/mol. The first-order valence-electron chi connectivity index (χ1n) is 6.90. The largest absolute Gasteiger partial charge is 0.493 e. The molecule has 1 aliphatic rings. The molecule has 2 unspecified atom stereocenters. The quantitative estimate of drug-likeness (QED) is 0.843. The summed E-state index contributed by atoms with van der Waals surface area (Å²) in [5.74, 6) is 1.02. The third-order valence-electron chi connectivity index (χ3n) is 3.47. The molecule has 0 aromatic heterocycles. The van der Waals surface area contributed by atoms with Gasteiger partial charge in [-0.25, -0.2) is 0 Å². The summed E-state index contributed by atoms with van der Waals surface area (Å²) in [5, 5.41) is 12.5. The molecule has 0 spiro atoms. The Morgan fingerprint density at radius 1 is 1.44 bits per heavy atom. The van der Waals surface area contributed by atoms with Crippen LogP contribution in [-0.4, -0.2) is 24.4 Å². The minimum atomic E-state index is 0.274. The average molecular weight is 249 g/mol. The topological polar surface area (TPSA) is 41.5 Å². The van der Waals surface area contributed by atoms with Gasteiger partial charge in [-0.15, -0.1) is 0 Å². The van der Waals surface area contributed by atoms with Crippen LogP contribution in [0.4, 0.5) is 0 Å². The van der Waals surface area contributed by atoms with E-state index in [0.29, 0.717) is 12.1 Å². The molecule has 0 fully saturated rings. The summed E-state index contributed by atoms with van der Waals surface area (Å²) in [7, 11) is 0. The highest BCUT2D eigenvalue weighted by Crippen LogP contribution is 2.31. The van der Waals surface area contributed by atoms with Crippen LogP contribution >= 0.6 is 0 Å². The second-order valence-electron chi connectivity index (χ2n) is 5.01. The number of hydrogen-bond donors (Lipinski definition) is 2. The number of ether oxygens (including phenoxy) is 1. The van der Waals surface area contributed by atoms with Gasteiger partial charge in [0.25, 0.3) is 0 Å². The van der Waals surface area contributed by atoms with Crippen LogP contribution in [0.1, 0.15) is 44.2 Å². The number of nitrogens with one attached hydrogen (secondary N) is 1. The fraction of sp³-hybridized carbons (Fsp3) is 0.600. The maximum atomic E-state index is 8.88. The maximum Gasteiger partial charge on any atom is 0.124 e. The number of fused-ring (bicyclic) bond motifs is 1. The molecule has 18 heavy (non-hydrogen) atoms. The van der Waals surface area contributed by atoms with Crippen molar-refractivity contribution < 1.29 is 9.84 Å².